The predicted octanol–water partition coefficient (Wildman–Crippen LogP) is 5.56. The van der Waals surface area contributed by atoms with Crippen molar-refractivity contribution in [2.45, 2.75) is 38.5 Å². The van der Waals surface area contributed by atoms with E-state index >= 15 is 0 Å². The first-order valence-electron chi connectivity index (χ1n) is 5.90. The van der Waals surface area contributed by atoms with Gasteiger partial charge < -0.3 is 0 Å². The van der Waals surface area contributed by atoms with Crippen molar-refractivity contribution < 1.29 is 0 Å². The summed E-state index contributed by atoms with van der Waals surface area (Å²) >= 11 is 10.1. The van der Waals surface area contributed by atoms with E-state index in [1.54, 1.807) is 0 Å². The molecule has 1 aromatic carbocycles. The number of alkyl halides is 1. The molecule has 0 radical (unpaired) electrons. The Balaban J connectivity index is 2.18. The summed E-state index contributed by atoms with van der Waals surface area (Å²) in [6.07, 6.45) is 3.88. The van der Waals surface area contributed by atoms with Crippen LogP contribution in [0.2, 0.25) is 0 Å². The van der Waals surface area contributed by atoms with Gasteiger partial charge in [0.25, 0.3) is 0 Å². The van der Waals surface area contributed by atoms with Crippen LogP contribution >= 0.6 is 27.5 Å². The highest BCUT2D eigenvalue weighted by Crippen LogP contribution is 2.51. The van der Waals surface area contributed by atoms with Crippen molar-refractivity contribution in [3.8, 4) is 0 Å². The lowest BCUT2D eigenvalue weighted by Gasteiger charge is -2.31. The zero-order chi connectivity index (χ0) is 11.8. The summed E-state index contributed by atoms with van der Waals surface area (Å²) in [4.78, 5) is 0. The van der Waals surface area contributed by atoms with E-state index in [1.807, 2.05) is 0 Å². The van der Waals surface area contributed by atoms with Gasteiger partial charge in [0, 0.05) is 4.47 Å². The molecule has 0 heterocycles. The minimum atomic E-state index is 0.158. The summed E-state index contributed by atoms with van der Waals surface area (Å²) in [5.74, 6) is 0.607. The molecule has 1 aromatic rings. The molecule has 1 saturated carbocycles. The second-order valence-electron chi connectivity index (χ2n) is 5.44. The molecular weight excluding hydrogens is 284 g/mol. The van der Waals surface area contributed by atoms with E-state index in [-0.39, 0.29) is 5.38 Å². The second-order valence-corrected chi connectivity index (χ2v) is 6.83. The monoisotopic (exact) mass is 300 g/mol. The zero-order valence-electron chi connectivity index (χ0n) is 9.84. The largest absolute Gasteiger partial charge is 0.118 e. The van der Waals surface area contributed by atoms with Crippen molar-refractivity contribution in [3.63, 3.8) is 0 Å². The Morgan fingerprint density at radius 2 is 1.94 bits per heavy atom. The Hall–Kier alpha value is -0.0100. The standard InChI is InChI=1S/C14H18BrCl/c1-14(2)9-3-4-12(14)13(16)10-5-7-11(15)8-6-10/h5-8,12-13H,3-4,9H2,1-2H3. The minimum Gasteiger partial charge on any atom is -0.118 e. The molecule has 88 valence electrons. The second kappa shape index (κ2) is 4.70. The van der Waals surface area contributed by atoms with Gasteiger partial charge in [0.15, 0.2) is 0 Å². The van der Waals surface area contributed by atoms with Crippen LogP contribution in [-0.2, 0) is 0 Å². The Bertz CT molecular complexity index is 356. The van der Waals surface area contributed by atoms with E-state index in [9.17, 15) is 0 Å². The SMILES string of the molecule is CC1(C)CCCC1C(Cl)c1ccc(Br)cc1. The van der Waals surface area contributed by atoms with Crippen LogP contribution < -0.4 is 0 Å². The van der Waals surface area contributed by atoms with Gasteiger partial charge in [-0.1, -0.05) is 48.3 Å². The third-order valence-electron chi connectivity index (χ3n) is 3.88. The lowest BCUT2D eigenvalue weighted by Crippen LogP contribution is -2.21. The average Bonchev–Trinajstić information content (AvgIpc) is 2.58. The van der Waals surface area contributed by atoms with E-state index in [1.165, 1.54) is 24.8 Å². The van der Waals surface area contributed by atoms with Gasteiger partial charge in [-0.25, -0.2) is 0 Å². The molecule has 0 N–H and O–H groups in total. The number of rotatable bonds is 2. The summed E-state index contributed by atoms with van der Waals surface area (Å²) in [5.41, 5.74) is 1.64. The van der Waals surface area contributed by atoms with Gasteiger partial charge in [0.1, 0.15) is 0 Å². The molecular formula is C14H18BrCl. The Kier molecular flexibility index (Phi) is 3.65. The van der Waals surface area contributed by atoms with Gasteiger partial charge in [0.05, 0.1) is 5.38 Å². The third kappa shape index (κ3) is 2.46. The van der Waals surface area contributed by atoms with Gasteiger partial charge >= 0.3 is 0 Å². The van der Waals surface area contributed by atoms with Gasteiger partial charge in [-0.15, -0.1) is 11.6 Å². The first kappa shape index (κ1) is 12.4. The molecule has 16 heavy (non-hydrogen) atoms. The van der Waals surface area contributed by atoms with Gasteiger partial charge in [-0.3, -0.25) is 0 Å². The molecule has 0 bridgehead atoms. The van der Waals surface area contributed by atoms with Crippen LogP contribution in [0.5, 0.6) is 0 Å². The van der Waals surface area contributed by atoms with Crippen LogP contribution in [0.15, 0.2) is 28.7 Å². The van der Waals surface area contributed by atoms with Crippen molar-refractivity contribution in [2.75, 3.05) is 0 Å². The quantitative estimate of drug-likeness (QED) is 0.628. The highest BCUT2D eigenvalue weighted by Gasteiger charge is 2.39. The van der Waals surface area contributed by atoms with Crippen LogP contribution in [0.4, 0.5) is 0 Å². The Morgan fingerprint density at radius 3 is 2.44 bits per heavy atom. The molecule has 0 saturated heterocycles. The number of hydrogen-bond donors (Lipinski definition) is 0. The Morgan fingerprint density at radius 1 is 1.31 bits per heavy atom. The fraction of sp³-hybridized carbons (Fsp3) is 0.571. The summed E-state index contributed by atoms with van der Waals surface area (Å²) in [6.45, 7) is 4.69. The lowest BCUT2D eigenvalue weighted by molar-refractivity contribution is 0.252. The lowest BCUT2D eigenvalue weighted by atomic mass is 9.78. The smallest absolute Gasteiger partial charge is 0.0618 e. The van der Waals surface area contributed by atoms with Gasteiger partial charge in [-0.2, -0.15) is 0 Å². The molecule has 2 unspecified atom stereocenters. The topological polar surface area (TPSA) is 0 Å². The van der Waals surface area contributed by atoms with Crippen LogP contribution in [0, 0.1) is 11.3 Å². The number of hydrogen-bond acceptors (Lipinski definition) is 0. The van der Waals surface area contributed by atoms with Crippen LogP contribution in [0.1, 0.15) is 44.1 Å². The summed E-state index contributed by atoms with van der Waals surface area (Å²) in [7, 11) is 0. The van der Waals surface area contributed by atoms with E-state index in [0.29, 0.717) is 11.3 Å². The van der Waals surface area contributed by atoms with Crippen molar-refractivity contribution >= 4 is 27.5 Å². The molecule has 1 fully saturated rings. The number of halogens is 2. The fourth-order valence-corrected chi connectivity index (χ4v) is 3.65. The molecule has 0 aromatic heterocycles. The summed E-state index contributed by atoms with van der Waals surface area (Å²) in [6, 6.07) is 8.42. The molecule has 2 rings (SSSR count). The normalized spacial score (nSPS) is 25.6. The Labute approximate surface area is 112 Å². The zero-order valence-corrected chi connectivity index (χ0v) is 12.2. The molecule has 0 amide bonds. The van der Waals surface area contributed by atoms with Crippen molar-refractivity contribution in [3.05, 3.63) is 34.3 Å². The van der Waals surface area contributed by atoms with Gasteiger partial charge in [-0.05, 0) is 41.9 Å². The third-order valence-corrected chi connectivity index (χ3v) is 4.97. The van der Waals surface area contributed by atoms with Crippen LogP contribution in [-0.4, -0.2) is 0 Å². The predicted molar refractivity (Wildman–Crippen MR) is 73.9 cm³/mol. The van der Waals surface area contributed by atoms with Crippen molar-refractivity contribution in [1.82, 2.24) is 0 Å². The van der Waals surface area contributed by atoms with E-state index in [0.717, 1.165) is 4.47 Å². The summed E-state index contributed by atoms with van der Waals surface area (Å²) in [5, 5.41) is 0.158. The molecule has 1 aliphatic carbocycles. The van der Waals surface area contributed by atoms with Crippen molar-refractivity contribution in [2.24, 2.45) is 11.3 Å². The molecule has 1 aliphatic rings. The fourth-order valence-electron chi connectivity index (χ4n) is 2.78. The molecule has 2 heteroatoms. The minimum absolute atomic E-state index is 0.158. The van der Waals surface area contributed by atoms with E-state index in [2.05, 4.69) is 54.0 Å². The first-order chi connectivity index (χ1) is 7.50. The highest BCUT2D eigenvalue weighted by atomic mass is 79.9. The molecule has 2 atom stereocenters. The first-order valence-corrected chi connectivity index (χ1v) is 7.13. The van der Waals surface area contributed by atoms with Gasteiger partial charge in [0.2, 0.25) is 0 Å². The molecule has 0 aliphatic heterocycles. The number of benzene rings is 1. The highest BCUT2D eigenvalue weighted by molar-refractivity contribution is 9.10. The maximum atomic E-state index is 6.63. The molecule has 0 nitrogen and oxygen atoms in total. The van der Waals surface area contributed by atoms with E-state index < -0.39 is 0 Å². The average molecular weight is 302 g/mol. The van der Waals surface area contributed by atoms with Crippen LogP contribution in [0.3, 0.4) is 0 Å². The van der Waals surface area contributed by atoms with E-state index in [4.69, 9.17) is 11.6 Å². The molecule has 0 spiro atoms. The maximum absolute atomic E-state index is 6.63. The summed E-state index contributed by atoms with van der Waals surface area (Å²) < 4.78 is 1.12. The maximum Gasteiger partial charge on any atom is 0.0618 e. The van der Waals surface area contributed by atoms with Crippen LogP contribution in [0.25, 0.3) is 0 Å². The van der Waals surface area contributed by atoms with Crippen molar-refractivity contribution in [1.29, 1.82) is 0 Å².